The van der Waals surface area contributed by atoms with Gasteiger partial charge in [0.2, 0.25) is 0 Å². The van der Waals surface area contributed by atoms with Crippen LogP contribution in [-0.4, -0.2) is 72.2 Å². The van der Waals surface area contributed by atoms with Crippen molar-refractivity contribution in [3.63, 3.8) is 0 Å². The summed E-state index contributed by atoms with van der Waals surface area (Å²) < 4.78 is 5.15. The monoisotopic (exact) mass is 342 g/mol. The van der Waals surface area contributed by atoms with Gasteiger partial charge >= 0.3 is 6.03 Å². The third-order valence-electron chi connectivity index (χ3n) is 4.09. The molecule has 0 aromatic rings. The summed E-state index contributed by atoms with van der Waals surface area (Å²) in [5, 5.41) is 3.23. The van der Waals surface area contributed by atoms with E-state index in [1.807, 2.05) is 4.90 Å². The van der Waals surface area contributed by atoms with Crippen LogP contribution in [0.15, 0.2) is 4.99 Å². The second-order valence-electron chi connectivity index (χ2n) is 5.77. The lowest BCUT2D eigenvalue weighted by atomic mass is 10.1. The number of amidine groups is 1. The molecule has 2 aliphatic rings. The van der Waals surface area contributed by atoms with Crippen molar-refractivity contribution in [2.45, 2.75) is 44.8 Å². The number of methoxy groups -OCH3 is 1. The summed E-state index contributed by atoms with van der Waals surface area (Å²) in [6.45, 7) is 3.30. The normalized spacial score (nSPS) is 23.9. The van der Waals surface area contributed by atoms with E-state index in [1.54, 1.807) is 25.9 Å². The van der Waals surface area contributed by atoms with Crippen LogP contribution in [0.4, 0.5) is 4.79 Å². The maximum Gasteiger partial charge on any atom is 0.325 e. The number of rotatable bonds is 8. The van der Waals surface area contributed by atoms with Crippen molar-refractivity contribution in [2.75, 3.05) is 33.1 Å². The molecule has 1 fully saturated rings. The van der Waals surface area contributed by atoms with Crippen LogP contribution in [0.3, 0.4) is 0 Å². The smallest absolute Gasteiger partial charge is 0.325 e. The van der Waals surface area contributed by atoms with Gasteiger partial charge in [-0.1, -0.05) is 37.9 Å². The Kier molecular flexibility index (Phi) is 6.71. The first-order chi connectivity index (χ1) is 11.1. The fourth-order valence-corrected chi connectivity index (χ4v) is 3.82. The van der Waals surface area contributed by atoms with E-state index in [9.17, 15) is 9.59 Å². The molecule has 0 bridgehead atoms. The Morgan fingerprint density at radius 1 is 1.30 bits per heavy atom. The van der Waals surface area contributed by atoms with Gasteiger partial charge in [0, 0.05) is 26.5 Å². The molecule has 7 nitrogen and oxygen atoms in total. The van der Waals surface area contributed by atoms with Gasteiger partial charge in [0.1, 0.15) is 0 Å². The van der Waals surface area contributed by atoms with Crippen LogP contribution in [-0.2, 0) is 9.53 Å². The van der Waals surface area contributed by atoms with Gasteiger partial charge in [-0.2, -0.15) is 0 Å². The number of nitrogens with zero attached hydrogens (tertiary/aromatic N) is 3. The first kappa shape index (κ1) is 18.1. The van der Waals surface area contributed by atoms with Crippen molar-refractivity contribution >= 4 is 28.9 Å². The summed E-state index contributed by atoms with van der Waals surface area (Å²) in [7, 11) is 3.31. The summed E-state index contributed by atoms with van der Waals surface area (Å²) >= 11 is 1.67. The Hall–Kier alpha value is -1.28. The van der Waals surface area contributed by atoms with Crippen molar-refractivity contribution in [1.82, 2.24) is 15.1 Å². The molecule has 0 spiro atoms. The molecular weight excluding hydrogens is 316 g/mol. The van der Waals surface area contributed by atoms with Crippen molar-refractivity contribution in [1.29, 1.82) is 0 Å². The molecule has 0 radical (unpaired) electrons. The predicted octanol–water partition coefficient (Wildman–Crippen LogP) is 1.49. The van der Waals surface area contributed by atoms with Crippen LogP contribution in [0.2, 0.25) is 0 Å². The fourth-order valence-electron chi connectivity index (χ4n) is 2.74. The molecule has 130 valence electrons. The Balaban J connectivity index is 2.04. The Labute approximate surface area is 141 Å². The summed E-state index contributed by atoms with van der Waals surface area (Å²) in [5.74, 6) is 0.695. The molecule has 0 aromatic carbocycles. The van der Waals surface area contributed by atoms with Crippen molar-refractivity contribution in [3.05, 3.63) is 0 Å². The third kappa shape index (κ3) is 4.17. The number of urea groups is 1. The summed E-state index contributed by atoms with van der Waals surface area (Å²) in [5.41, 5.74) is 0. The minimum Gasteiger partial charge on any atom is -0.383 e. The SMILES string of the molecule is CCCCCCSC1=NC2C(C(=O)NC(=O)N2C)N1CCOC. The zero-order chi connectivity index (χ0) is 16.8. The van der Waals surface area contributed by atoms with E-state index in [2.05, 4.69) is 17.2 Å². The number of likely N-dealkylation sites (N-methyl/N-ethyl adjacent to an activating group) is 1. The predicted molar refractivity (Wildman–Crippen MR) is 91.5 cm³/mol. The van der Waals surface area contributed by atoms with Crippen LogP contribution in [0.1, 0.15) is 32.6 Å². The van der Waals surface area contributed by atoms with Crippen LogP contribution in [0, 0.1) is 0 Å². The van der Waals surface area contributed by atoms with E-state index in [0.29, 0.717) is 13.2 Å². The lowest BCUT2D eigenvalue weighted by molar-refractivity contribution is -0.127. The van der Waals surface area contributed by atoms with Gasteiger partial charge in [-0.15, -0.1) is 0 Å². The van der Waals surface area contributed by atoms with E-state index in [-0.39, 0.29) is 11.9 Å². The number of thioether (sulfide) groups is 1. The van der Waals surface area contributed by atoms with Crippen LogP contribution in [0.5, 0.6) is 0 Å². The van der Waals surface area contributed by atoms with E-state index in [1.165, 1.54) is 24.2 Å². The molecule has 3 amide bonds. The quantitative estimate of drug-likeness (QED) is 0.677. The first-order valence-corrected chi connectivity index (χ1v) is 9.12. The van der Waals surface area contributed by atoms with Gasteiger partial charge < -0.3 is 14.5 Å². The third-order valence-corrected chi connectivity index (χ3v) is 5.18. The van der Waals surface area contributed by atoms with Crippen LogP contribution < -0.4 is 5.32 Å². The Morgan fingerprint density at radius 2 is 2.09 bits per heavy atom. The zero-order valence-electron chi connectivity index (χ0n) is 14.1. The van der Waals surface area contributed by atoms with Crippen molar-refractivity contribution < 1.29 is 14.3 Å². The maximum absolute atomic E-state index is 12.2. The number of imide groups is 1. The van der Waals surface area contributed by atoms with Gasteiger partial charge in [-0.3, -0.25) is 10.1 Å². The fraction of sp³-hybridized carbons (Fsp3) is 0.800. The number of unbranched alkanes of at least 4 members (excludes halogenated alkanes) is 3. The molecule has 23 heavy (non-hydrogen) atoms. The zero-order valence-corrected chi connectivity index (χ0v) is 14.9. The molecule has 0 aliphatic carbocycles. The minimum atomic E-state index is -0.453. The molecule has 1 N–H and O–H groups in total. The Morgan fingerprint density at radius 3 is 2.78 bits per heavy atom. The summed E-state index contributed by atoms with van der Waals surface area (Å²) in [4.78, 5) is 32.1. The molecule has 1 saturated heterocycles. The topological polar surface area (TPSA) is 74.2 Å². The lowest BCUT2D eigenvalue weighted by Crippen LogP contribution is -2.63. The van der Waals surface area contributed by atoms with Crippen LogP contribution >= 0.6 is 11.8 Å². The van der Waals surface area contributed by atoms with Crippen LogP contribution in [0.25, 0.3) is 0 Å². The number of nitrogens with one attached hydrogen (secondary N) is 1. The largest absolute Gasteiger partial charge is 0.383 e. The lowest BCUT2D eigenvalue weighted by Gasteiger charge is -2.36. The molecule has 2 atom stereocenters. The first-order valence-electron chi connectivity index (χ1n) is 8.14. The second-order valence-corrected chi connectivity index (χ2v) is 6.83. The highest BCUT2D eigenvalue weighted by atomic mass is 32.2. The molecule has 8 heteroatoms. The number of aliphatic imine (C=N–C) groups is 1. The number of carbonyl (C=O) groups is 2. The standard InChI is InChI=1S/C15H26N4O3S/c1-4-5-6-7-10-23-15-16-12-11(19(15)8-9-22-3)13(20)17-14(21)18(12)2/h11-12H,4-10H2,1-3H3,(H,17,20,21). The number of amides is 3. The highest BCUT2D eigenvalue weighted by molar-refractivity contribution is 8.13. The number of hydrogen-bond acceptors (Lipinski definition) is 6. The molecule has 2 rings (SSSR count). The number of hydrogen-bond donors (Lipinski definition) is 1. The van der Waals surface area contributed by atoms with Gasteiger partial charge in [0.25, 0.3) is 5.91 Å². The molecule has 0 aromatic heterocycles. The molecular formula is C15H26N4O3S. The number of carbonyl (C=O) groups excluding carboxylic acids is 2. The highest BCUT2D eigenvalue weighted by Gasteiger charge is 2.48. The number of fused-ring (bicyclic) bond motifs is 1. The van der Waals surface area contributed by atoms with E-state index >= 15 is 0 Å². The van der Waals surface area contributed by atoms with E-state index in [4.69, 9.17) is 4.74 Å². The average molecular weight is 342 g/mol. The molecule has 2 unspecified atom stereocenters. The van der Waals surface area contributed by atoms with Gasteiger partial charge in [-0.05, 0) is 6.42 Å². The Bertz CT molecular complexity index is 472. The second kappa shape index (κ2) is 8.54. The van der Waals surface area contributed by atoms with Crippen molar-refractivity contribution in [3.8, 4) is 0 Å². The number of ether oxygens (including phenoxy) is 1. The van der Waals surface area contributed by atoms with Crippen molar-refractivity contribution in [2.24, 2.45) is 4.99 Å². The highest BCUT2D eigenvalue weighted by Crippen LogP contribution is 2.28. The average Bonchev–Trinajstić information content (AvgIpc) is 2.89. The molecule has 2 heterocycles. The van der Waals surface area contributed by atoms with E-state index < -0.39 is 12.2 Å². The van der Waals surface area contributed by atoms with Gasteiger partial charge in [-0.25, -0.2) is 9.79 Å². The molecule has 0 saturated carbocycles. The summed E-state index contributed by atoms with van der Waals surface area (Å²) in [6.07, 6.45) is 4.35. The minimum absolute atomic E-state index is 0.278. The molecule has 2 aliphatic heterocycles. The van der Waals surface area contributed by atoms with Gasteiger partial charge in [0.05, 0.1) is 6.61 Å². The van der Waals surface area contributed by atoms with Gasteiger partial charge in [0.15, 0.2) is 17.4 Å². The summed E-state index contributed by atoms with van der Waals surface area (Å²) in [6, 6.07) is -0.841. The maximum atomic E-state index is 12.2. The van der Waals surface area contributed by atoms with E-state index in [0.717, 1.165) is 17.3 Å².